The summed E-state index contributed by atoms with van der Waals surface area (Å²) in [5.74, 6) is 0. The van der Waals surface area contributed by atoms with E-state index in [1.54, 1.807) is 0 Å². The summed E-state index contributed by atoms with van der Waals surface area (Å²) in [4.78, 5) is 0. The third-order valence-electron chi connectivity index (χ3n) is 3.21. The molecule has 88 valence electrons. The predicted molar refractivity (Wildman–Crippen MR) is 65.2 cm³/mol. The third-order valence-corrected chi connectivity index (χ3v) is 3.21. The molecule has 0 saturated carbocycles. The SMILES string of the molecule is CC1=CC(C)(C)[NH2+]c2cc(C)c(C)cc21.[Cl-]. The van der Waals surface area contributed by atoms with Crippen LogP contribution in [-0.2, 0) is 0 Å². The average Bonchev–Trinajstić information content (AvgIpc) is 2.07. The van der Waals surface area contributed by atoms with Gasteiger partial charge in [-0.25, -0.2) is 0 Å². The van der Waals surface area contributed by atoms with E-state index in [-0.39, 0.29) is 17.9 Å². The van der Waals surface area contributed by atoms with E-state index in [1.807, 2.05) is 0 Å². The van der Waals surface area contributed by atoms with Gasteiger partial charge in [0.2, 0.25) is 0 Å². The molecule has 0 bridgehead atoms. The molecule has 1 aromatic rings. The number of allylic oxidation sites excluding steroid dienone is 1. The van der Waals surface area contributed by atoms with Crippen molar-refractivity contribution in [2.24, 2.45) is 0 Å². The molecule has 0 radical (unpaired) electrons. The standard InChI is InChI=1S/C14H19N.ClH/c1-9-6-12-11(3)8-14(4,5)15-13(12)7-10(9)2;/h6-8,15H,1-5H3;1H. The van der Waals surface area contributed by atoms with Crippen LogP contribution >= 0.6 is 0 Å². The highest BCUT2D eigenvalue weighted by Crippen LogP contribution is 2.29. The molecule has 1 aliphatic heterocycles. The van der Waals surface area contributed by atoms with Crippen molar-refractivity contribution in [2.75, 3.05) is 0 Å². The van der Waals surface area contributed by atoms with E-state index in [0.29, 0.717) is 0 Å². The van der Waals surface area contributed by atoms with Crippen LogP contribution in [0, 0.1) is 13.8 Å². The number of benzene rings is 1. The van der Waals surface area contributed by atoms with Crippen LogP contribution < -0.4 is 17.7 Å². The average molecular weight is 238 g/mol. The third kappa shape index (κ3) is 2.31. The first-order valence-electron chi connectivity index (χ1n) is 5.56. The van der Waals surface area contributed by atoms with Crippen molar-refractivity contribution >= 4 is 11.3 Å². The van der Waals surface area contributed by atoms with Crippen LogP contribution in [0.2, 0.25) is 0 Å². The molecule has 1 nitrogen and oxygen atoms in total. The largest absolute Gasteiger partial charge is 1.00 e. The summed E-state index contributed by atoms with van der Waals surface area (Å²) >= 11 is 0. The minimum atomic E-state index is 0. The van der Waals surface area contributed by atoms with E-state index in [0.717, 1.165) is 0 Å². The molecule has 1 aromatic carbocycles. The maximum Gasteiger partial charge on any atom is 0.138 e. The van der Waals surface area contributed by atoms with Crippen LogP contribution in [-0.4, -0.2) is 5.54 Å². The van der Waals surface area contributed by atoms with Gasteiger partial charge in [0.25, 0.3) is 0 Å². The molecular weight excluding hydrogens is 218 g/mol. The van der Waals surface area contributed by atoms with E-state index in [9.17, 15) is 0 Å². The van der Waals surface area contributed by atoms with E-state index >= 15 is 0 Å². The van der Waals surface area contributed by atoms with E-state index < -0.39 is 0 Å². The highest BCUT2D eigenvalue weighted by molar-refractivity contribution is 5.74. The molecule has 2 rings (SSSR count). The Kier molecular flexibility index (Phi) is 3.51. The second-order valence-corrected chi connectivity index (χ2v) is 5.32. The first-order chi connectivity index (χ1) is 6.89. The van der Waals surface area contributed by atoms with Gasteiger partial charge in [-0.3, -0.25) is 0 Å². The summed E-state index contributed by atoms with van der Waals surface area (Å²) in [5, 5.41) is 2.36. The molecule has 2 N–H and O–H groups in total. The fourth-order valence-electron chi connectivity index (χ4n) is 2.38. The number of hydrogen-bond donors (Lipinski definition) is 1. The monoisotopic (exact) mass is 237 g/mol. The first-order valence-corrected chi connectivity index (χ1v) is 5.56. The van der Waals surface area contributed by atoms with Gasteiger partial charge in [0.15, 0.2) is 0 Å². The molecule has 0 atom stereocenters. The highest BCUT2D eigenvalue weighted by Gasteiger charge is 2.27. The van der Waals surface area contributed by atoms with Crippen LogP contribution in [0.15, 0.2) is 18.2 Å². The summed E-state index contributed by atoms with van der Waals surface area (Å²) < 4.78 is 0. The molecule has 0 saturated heterocycles. The molecule has 16 heavy (non-hydrogen) atoms. The fraction of sp³-hybridized carbons (Fsp3) is 0.429. The number of halogens is 1. The summed E-state index contributed by atoms with van der Waals surface area (Å²) in [6.07, 6.45) is 2.35. The van der Waals surface area contributed by atoms with Gasteiger partial charge < -0.3 is 17.7 Å². The first kappa shape index (κ1) is 13.3. The van der Waals surface area contributed by atoms with Gasteiger partial charge in [-0.15, -0.1) is 0 Å². The maximum absolute atomic E-state index is 2.36. The molecule has 0 aliphatic carbocycles. The van der Waals surface area contributed by atoms with Crippen molar-refractivity contribution in [2.45, 2.75) is 40.2 Å². The fourth-order valence-corrected chi connectivity index (χ4v) is 2.38. The number of quaternary nitrogens is 1. The Morgan fingerprint density at radius 3 is 2.19 bits per heavy atom. The van der Waals surface area contributed by atoms with Crippen molar-refractivity contribution in [1.82, 2.24) is 0 Å². The zero-order valence-electron chi connectivity index (χ0n) is 10.7. The Hall–Kier alpha value is -0.790. The highest BCUT2D eigenvalue weighted by atomic mass is 35.5. The van der Waals surface area contributed by atoms with Crippen molar-refractivity contribution in [1.29, 1.82) is 0 Å². The van der Waals surface area contributed by atoms with Gasteiger partial charge in [0.1, 0.15) is 11.2 Å². The summed E-state index contributed by atoms with van der Waals surface area (Å²) in [6, 6.07) is 4.62. The number of fused-ring (bicyclic) bond motifs is 1. The summed E-state index contributed by atoms with van der Waals surface area (Å²) in [6.45, 7) is 11.1. The zero-order valence-corrected chi connectivity index (χ0v) is 11.4. The van der Waals surface area contributed by atoms with Gasteiger partial charge in [-0.05, 0) is 63.5 Å². The Morgan fingerprint density at radius 1 is 1.00 bits per heavy atom. The topological polar surface area (TPSA) is 16.6 Å². The van der Waals surface area contributed by atoms with Crippen molar-refractivity contribution in [3.63, 3.8) is 0 Å². The van der Waals surface area contributed by atoms with E-state index in [2.05, 4.69) is 58.1 Å². The second kappa shape index (κ2) is 4.23. The van der Waals surface area contributed by atoms with Crippen molar-refractivity contribution < 1.29 is 17.7 Å². The van der Waals surface area contributed by atoms with Crippen LogP contribution in [0.3, 0.4) is 0 Å². The van der Waals surface area contributed by atoms with Crippen LogP contribution in [0.4, 0.5) is 5.69 Å². The predicted octanol–water partition coefficient (Wildman–Crippen LogP) is -0.302. The smallest absolute Gasteiger partial charge is 0.138 e. The Labute approximate surface area is 104 Å². The molecule has 0 fully saturated rings. The number of nitrogens with two attached hydrogens (primary N) is 1. The lowest BCUT2D eigenvalue weighted by Crippen LogP contribution is -3.00. The number of hydrogen-bond acceptors (Lipinski definition) is 0. The van der Waals surface area contributed by atoms with E-state index in [4.69, 9.17) is 0 Å². The number of rotatable bonds is 0. The molecular formula is C14H20ClN. The quantitative estimate of drug-likeness (QED) is 0.597. The maximum atomic E-state index is 2.36. The molecule has 0 amide bonds. The lowest BCUT2D eigenvalue weighted by Gasteiger charge is -2.27. The summed E-state index contributed by atoms with van der Waals surface area (Å²) in [7, 11) is 0. The molecule has 1 aliphatic rings. The van der Waals surface area contributed by atoms with Gasteiger partial charge in [0, 0.05) is 11.6 Å². The Balaban J connectivity index is 0.00000128. The van der Waals surface area contributed by atoms with Crippen LogP contribution in [0.5, 0.6) is 0 Å². The minimum absolute atomic E-state index is 0. The second-order valence-electron chi connectivity index (χ2n) is 5.32. The van der Waals surface area contributed by atoms with Gasteiger partial charge in [-0.2, -0.15) is 0 Å². The molecule has 0 spiro atoms. The normalized spacial score (nSPS) is 17.2. The Bertz CT molecular complexity index is 444. The van der Waals surface area contributed by atoms with Gasteiger partial charge >= 0.3 is 0 Å². The molecule has 0 aromatic heterocycles. The van der Waals surface area contributed by atoms with E-state index in [1.165, 1.54) is 28.0 Å². The lowest BCUT2D eigenvalue weighted by molar-refractivity contribution is -0.634. The Morgan fingerprint density at radius 2 is 1.56 bits per heavy atom. The zero-order chi connectivity index (χ0) is 11.2. The van der Waals surface area contributed by atoms with Gasteiger partial charge in [0.05, 0.1) is 0 Å². The van der Waals surface area contributed by atoms with Crippen molar-refractivity contribution in [3.05, 3.63) is 34.9 Å². The minimum Gasteiger partial charge on any atom is -1.00 e. The summed E-state index contributed by atoms with van der Waals surface area (Å²) in [5.41, 5.74) is 7.16. The van der Waals surface area contributed by atoms with Gasteiger partial charge in [-0.1, -0.05) is 0 Å². The van der Waals surface area contributed by atoms with Crippen LogP contribution in [0.25, 0.3) is 5.57 Å². The lowest BCUT2D eigenvalue weighted by atomic mass is 9.89. The molecule has 0 unspecified atom stereocenters. The number of aryl methyl sites for hydroxylation is 2. The molecule has 1 heterocycles. The van der Waals surface area contributed by atoms with Crippen molar-refractivity contribution in [3.8, 4) is 0 Å². The molecule has 2 heteroatoms. The van der Waals surface area contributed by atoms with Crippen LogP contribution in [0.1, 0.15) is 37.5 Å².